The predicted octanol–water partition coefficient (Wildman–Crippen LogP) is 1.67. The Kier molecular flexibility index (Phi) is 3.44. The van der Waals surface area contributed by atoms with Crippen LogP contribution in [-0.2, 0) is 0 Å². The van der Waals surface area contributed by atoms with Gasteiger partial charge >= 0.3 is 0 Å². The molecule has 3 N–H and O–H groups in total. The minimum Gasteiger partial charge on any atom is -0.396 e. The molecule has 17 heavy (non-hydrogen) atoms. The van der Waals surface area contributed by atoms with Crippen molar-refractivity contribution < 1.29 is 9.90 Å². The number of nitrogens with one attached hydrogen (secondary N) is 2. The van der Waals surface area contributed by atoms with Gasteiger partial charge in [0.15, 0.2) is 0 Å². The van der Waals surface area contributed by atoms with Gasteiger partial charge < -0.3 is 15.4 Å². The van der Waals surface area contributed by atoms with Crippen molar-refractivity contribution in [3.8, 4) is 0 Å². The summed E-state index contributed by atoms with van der Waals surface area (Å²) < 4.78 is 0. The van der Waals surface area contributed by atoms with E-state index in [9.17, 15) is 4.79 Å². The van der Waals surface area contributed by atoms with E-state index in [1.54, 1.807) is 6.20 Å². The molecular weight excluding hydrogens is 216 g/mol. The number of aliphatic hydroxyl groups is 1. The maximum absolute atomic E-state index is 12.0. The molecule has 0 radical (unpaired) electrons. The monoisotopic (exact) mass is 232 g/mol. The maximum atomic E-state index is 12.0. The molecule has 0 saturated heterocycles. The molecule has 2 rings (SSSR count). The number of benzene rings is 1. The first-order valence-electron chi connectivity index (χ1n) is 5.70. The summed E-state index contributed by atoms with van der Waals surface area (Å²) in [7, 11) is 0. The van der Waals surface area contributed by atoms with Crippen molar-refractivity contribution in [2.24, 2.45) is 0 Å². The Hall–Kier alpha value is -1.81. The van der Waals surface area contributed by atoms with Gasteiger partial charge in [-0.1, -0.05) is 18.2 Å². The summed E-state index contributed by atoms with van der Waals surface area (Å²) in [6, 6.07) is 7.65. The highest BCUT2D eigenvalue weighted by Crippen LogP contribution is 2.17. The Morgan fingerprint density at radius 3 is 3.00 bits per heavy atom. The zero-order valence-corrected chi connectivity index (χ0v) is 9.73. The van der Waals surface area contributed by atoms with E-state index in [-0.39, 0.29) is 18.6 Å². The molecule has 2 aromatic rings. The van der Waals surface area contributed by atoms with Crippen molar-refractivity contribution in [1.82, 2.24) is 10.3 Å². The number of H-pyrrole nitrogens is 1. The van der Waals surface area contributed by atoms with Gasteiger partial charge in [0.1, 0.15) is 0 Å². The molecule has 1 unspecified atom stereocenters. The van der Waals surface area contributed by atoms with Crippen molar-refractivity contribution in [2.75, 3.05) is 6.61 Å². The molecule has 4 heteroatoms. The number of carbonyl (C=O) groups excluding carboxylic acids is 1. The lowest BCUT2D eigenvalue weighted by molar-refractivity contribution is 0.0936. The molecule has 1 amide bonds. The van der Waals surface area contributed by atoms with Crippen LogP contribution in [-0.4, -0.2) is 28.6 Å². The molecule has 1 atom stereocenters. The molecule has 1 aromatic heterocycles. The minimum absolute atomic E-state index is 0.0267. The average molecular weight is 232 g/mol. The van der Waals surface area contributed by atoms with Crippen molar-refractivity contribution in [1.29, 1.82) is 0 Å². The highest BCUT2D eigenvalue weighted by Gasteiger charge is 2.13. The van der Waals surface area contributed by atoms with Crippen LogP contribution in [0.4, 0.5) is 0 Å². The summed E-state index contributed by atoms with van der Waals surface area (Å²) in [6.07, 6.45) is 2.28. The highest BCUT2D eigenvalue weighted by atomic mass is 16.3. The van der Waals surface area contributed by atoms with E-state index in [2.05, 4.69) is 10.3 Å². The number of amides is 1. The first kappa shape index (κ1) is 11.7. The lowest BCUT2D eigenvalue weighted by Crippen LogP contribution is -2.33. The molecule has 0 bridgehead atoms. The van der Waals surface area contributed by atoms with E-state index in [0.29, 0.717) is 12.0 Å². The van der Waals surface area contributed by atoms with Crippen molar-refractivity contribution in [2.45, 2.75) is 19.4 Å². The van der Waals surface area contributed by atoms with Crippen LogP contribution in [0.3, 0.4) is 0 Å². The number of hydrogen-bond donors (Lipinski definition) is 3. The first-order valence-corrected chi connectivity index (χ1v) is 5.70. The second kappa shape index (κ2) is 5.01. The lowest BCUT2D eigenvalue weighted by atomic mass is 10.1. The number of rotatable bonds is 4. The Morgan fingerprint density at radius 2 is 2.24 bits per heavy atom. The summed E-state index contributed by atoms with van der Waals surface area (Å²) in [5.74, 6) is -0.108. The number of aromatic amines is 1. The number of carbonyl (C=O) groups is 1. The van der Waals surface area contributed by atoms with E-state index in [1.807, 2.05) is 31.2 Å². The molecule has 4 nitrogen and oxygen atoms in total. The van der Waals surface area contributed by atoms with E-state index >= 15 is 0 Å². The number of aromatic nitrogens is 1. The van der Waals surface area contributed by atoms with Crippen LogP contribution in [0.1, 0.15) is 23.7 Å². The molecule has 0 aliphatic heterocycles. The van der Waals surface area contributed by atoms with Crippen LogP contribution in [0.5, 0.6) is 0 Å². The molecule has 0 spiro atoms. The van der Waals surface area contributed by atoms with Gasteiger partial charge in [0.05, 0.1) is 5.56 Å². The fourth-order valence-corrected chi connectivity index (χ4v) is 1.83. The zero-order chi connectivity index (χ0) is 12.3. The number of para-hydroxylation sites is 1. The summed E-state index contributed by atoms with van der Waals surface area (Å²) in [4.78, 5) is 15.1. The molecule has 0 saturated carbocycles. The minimum atomic E-state index is -0.108. The Labute approximate surface area is 99.7 Å². The van der Waals surface area contributed by atoms with Gasteiger partial charge in [0.2, 0.25) is 0 Å². The largest absolute Gasteiger partial charge is 0.396 e. The molecular formula is C13H16N2O2. The number of aliphatic hydroxyl groups excluding tert-OH is 1. The average Bonchev–Trinajstić information content (AvgIpc) is 2.72. The number of fused-ring (bicyclic) bond motifs is 1. The molecule has 0 aliphatic rings. The van der Waals surface area contributed by atoms with Gasteiger partial charge in [0, 0.05) is 29.7 Å². The van der Waals surface area contributed by atoms with E-state index in [1.165, 1.54) is 0 Å². The molecule has 90 valence electrons. The Morgan fingerprint density at radius 1 is 1.47 bits per heavy atom. The van der Waals surface area contributed by atoms with Crippen LogP contribution < -0.4 is 5.32 Å². The molecule has 1 heterocycles. The van der Waals surface area contributed by atoms with E-state index in [0.717, 1.165) is 10.9 Å². The van der Waals surface area contributed by atoms with Gasteiger partial charge in [-0.05, 0) is 19.4 Å². The quantitative estimate of drug-likeness (QED) is 0.750. The third-order valence-electron chi connectivity index (χ3n) is 2.77. The predicted molar refractivity (Wildman–Crippen MR) is 66.9 cm³/mol. The standard InChI is InChI=1S/C13H16N2O2/c1-9(6-7-16)15-13(17)11-8-14-12-5-3-2-4-10(11)12/h2-5,8-9,14,16H,6-7H2,1H3,(H,15,17). The van der Waals surface area contributed by atoms with E-state index in [4.69, 9.17) is 5.11 Å². The Balaban J connectivity index is 2.19. The third kappa shape index (κ3) is 2.47. The summed E-state index contributed by atoms with van der Waals surface area (Å²) in [5, 5.41) is 12.6. The van der Waals surface area contributed by atoms with Gasteiger partial charge in [-0.15, -0.1) is 0 Å². The van der Waals surface area contributed by atoms with Crippen LogP contribution in [0.25, 0.3) is 10.9 Å². The van der Waals surface area contributed by atoms with Crippen LogP contribution >= 0.6 is 0 Å². The normalized spacial score (nSPS) is 12.6. The zero-order valence-electron chi connectivity index (χ0n) is 9.73. The van der Waals surface area contributed by atoms with Crippen molar-refractivity contribution in [3.05, 3.63) is 36.0 Å². The third-order valence-corrected chi connectivity index (χ3v) is 2.77. The highest BCUT2D eigenvalue weighted by molar-refractivity contribution is 6.06. The molecule has 0 fully saturated rings. The van der Waals surface area contributed by atoms with Crippen LogP contribution in [0.15, 0.2) is 30.5 Å². The smallest absolute Gasteiger partial charge is 0.253 e. The number of hydrogen-bond acceptors (Lipinski definition) is 2. The summed E-state index contributed by atoms with van der Waals surface area (Å²) in [6.45, 7) is 1.96. The maximum Gasteiger partial charge on any atom is 0.253 e. The van der Waals surface area contributed by atoms with Crippen LogP contribution in [0.2, 0.25) is 0 Å². The van der Waals surface area contributed by atoms with Gasteiger partial charge in [-0.25, -0.2) is 0 Å². The SMILES string of the molecule is CC(CCO)NC(=O)c1c[nH]c2ccccc12. The summed E-state index contributed by atoms with van der Waals surface area (Å²) in [5.41, 5.74) is 1.60. The lowest BCUT2D eigenvalue weighted by Gasteiger charge is -2.11. The fourth-order valence-electron chi connectivity index (χ4n) is 1.83. The second-order valence-corrected chi connectivity index (χ2v) is 4.13. The van der Waals surface area contributed by atoms with Gasteiger partial charge in [-0.2, -0.15) is 0 Å². The van der Waals surface area contributed by atoms with Crippen molar-refractivity contribution in [3.63, 3.8) is 0 Å². The van der Waals surface area contributed by atoms with Crippen LogP contribution in [0, 0.1) is 0 Å². The first-order chi connectivity index (χ1) is 8.22. The van der Waals surface area contributed by atoms with Crippen molar-refractivity contribution >= 4 is 16.8 Å². The molecule has 1 aromatic carbocycles. The fraction of sp³-hybridized carbons (Fsp3) is 0.308. The van der Waals surface area contributed by atoms with Gasteiger partial charge in [0.25, 0.3) is 5.91 Å². The topological polar surface area (TPSA) is 65.1 Å². The Bertz CT molecular complexity index is 519. The molecule has 0 aliphatic carbocycles. The van der Waals surface area contributed by atoms with Gasteiger partial charge in [-0.3, -0.25) is 4.79 Å². The summed E-state index contributed by atoms with van der Waals surface area (Å²) >= 11 is 0. The second-order valence-electron chi connectivity index (χ2n) is 4.13. The van der Waals surface area contributed by atoms with E-state index < -0.39 is 0 Å².